The molecular formula is C15H28N4O. The second-order valence-corrected chi connectivity index (χ2v) is 6.52. The van der Waals surface area contributed by atoms with E-state index in [1.165, 1.54) is 12.8 Å². The molecule has 0 aliphatic carbocycles. The lowest BCUT2D eigenvalue weighted by atomic mass is 10.1. The van der Waals surface area contributed by atoms with Crippen molar-refractivity contribution in [3.63, 3.8) is 0 Å². The molecule has 1 saturated heterocycles. The molecule has 1 aromatic rings. The molecule has 2 heterocycles. The quantitative estimate of drug-likeness (QED) is 0.830. The maximum absolute atomic E-state index is 5.32. The van der Waals surface area contributed by atoms with E-state index in [2.05, 4.69) is 48.1 Å². The first-order chi connectivity index (χ1) is 9.54. The van der Waals surface area contributed by atoms with Gasteiger partial charge in [-0.3, -0.25) is 4.90 Å². The first-order valence-electron chi connectivity index (χ1n) is 7.83. The Balaban J connectivity index is 1.91. The molecular weight excluding hydrogens is 252 g/mol. The van der Waals surface area contributed by atoms with Gasteiger partial charge in [0.1, 0.15) is 0 Å². The van der Waals surface area contributed by atoms with Gasteiger partial charge in [-0.1, -0.05) is 19.0 Å². The van der Waals surface area contributed by atoms with Gasteiger partial charge in [0, 0.05) is 25.0 Å². The second kappa shape index (κ2) is 7.18. The Hall–Kier alpha value is -0.940. The van der Waals surface area contributed by atoms with Gasteiger partial charge in [-0.15, -0.1) is 0 Å². The fourth-order valence-electron chi connectivity index (χ4n) is 2.62. The molecule has 5 heteroatoms. The van der Waals surface area contributed by atoms with Crippen molar-refractivity contribution in [3.8, 4) is 0 Å². The van der Waals surface area contributed by atoms with Crippen LogP contribution in [0.25, 0.3) is 0 Å². The molecule has 1 aliphatic rings. The highest BCUT2D eigenvalue weighted by molar-refractivity contribution is 4.89. The summed E-state index contributed by atoms with van der Waals surface area (Å²) in [6.07, 6.45) is 3.42. The van der Waals surface area contributed by atoms with E-state index in [-0.39, 0.29) is 0 Å². The van der Waals surface area contributed by atoms with Crippen LogP contribution in [-0.2, 0) is 13.0 Å². The summed E-state index contributed by atoms with van der Waals surface area (Å²) in [7, 11) is 0. The molecule has 0 aromatic carbocycles. The van der Waals surface area contributed by atoms with E-state index >= 15 is 0 Å². The lowest BCUT2D eigenvalue weighted by Gasteiger charge is -2.27. The number of hydrogen-bond acceptors (Lipinski definition) is 5. The minimum Gasteiger partial charge on any atom is -0.339 e. The average molecular weight is 280 g/mol. The number of hydrogen-bond donors (Lipinski definition) is 1. The molecule has 1 fully saturated rings. The van der Waals surface area contributed by atoms with Gasteiger partial charge < -0.3 is 9.84 Å². The van der Waals surface area contributed by atoms with Crippen LogP contribution in [0, 0.1) is 5.92 Å². The van der Waals surface area contributed by atoms with Crippen LogP contribution >= 0.6 is 0 Å². The number of rotatable bonds is 7. The van der Waals surface area contributed by atoms with Crippen molar-refractivity contribution in [1.29, 1.82) is 0 Å². The van der Waals surface area contributed by atoms with Crippen molar-refractivity contribution < 1.29 is 4.52 Å². The molecule has 0 spiro atoms. The molecule has 1 aliphatic heterocycles. The zero-order valence-electron chi connectivity index (χ0n) is 13.2. The Bertz CT molecular complexity index is 396. The molecule has 1 atom stereocenters. The third kappa shape index (κ3) is 4.56. The van der Waals surface area contributed by atoms with E-state index in [1.54, 1.807) is 0 Å². The van der Waals surface area contributed by atoms with E-state index in [9.17, 15) is 0 Å². The van der Waals surface area contributed by atoms with Crippen molar-refractivity contribution in [3.05, 3.63) is 11.7 Å². The van der Waals surface area contributed by atoms with Crippen LogP contribution in [0.2, 0.25) is 0 Å². The summed E-state index contributed by atoms with van der Waals surface area (Å²) in [5, 5.41) is 7.67. The highest BCUT2D eigenvalue weighted by Crippen LogP contribution is 2.13. The van der Waals surface area contributed by atoms with Gasteiger partial charge in [-0.25, -0.2) is 0 Å². The lowest BCUT2D eigenvalue weighted by molar-refractivity contribution is 0.187. The van der Waals surface area contributed by atoms with Crippen LogP contribution in [0.1, 0.15) is 52.3 Å². The van der Waals surface area contributed by atoms with Gasteiger partial charge in [0.05, 0.1) is 6.54 Å². The Morgan fingerprint density at radius 3 is 2.75 bits per heavy atom. The third-order valence-electron chi connectivity index (χ3n) is 3.79. The predicted octanol–water partition coefficient (Wildman–Crippen LogP) is 2.23. The van der Waals surface area contributed by atoms with Gasteiger partial charge >= 0.3 is 0 Å². The number of aromatic nitrogens is 2. The lowest BCUT2D eigenvalue weighted by Crippen LogP contribution is -2.41. The van der Waals surface area contributed by atoms with Gasteiger partial charge in [-0.05, 0) is 39.2 Å². The van der Waals surface area contributed by atoms with E-state index in [1.807, 2.05) is 0 Å². The van der Waals surface area contributed by atoms with E-state index in [4.69, 9.17) is 4.52 Å². The van der Waals surface area contributed by atoms with E-state index in [0.29, 0.717) is 18.0 Å². The molecule has 0 amide bonds. The Labute approximate surface area is 122 Å². The minimum absolute atomic E-state index is 0.490. The summed E-state index contributed by atoms with van der Waals surface area (Å²) in [6, 6.07) is 1.10. The van der Waals surface area contributed by atoms with E-state index < -0.39 is 0 Å². The van der Waals surface area contributed by atoms with E-state index in [0.717, 1.165) is 37.8 Å². The van der Waals surface area contributed by atoms with Crippen LogP contribution < -0.4 is 5.32 Å². The topological polar surface area (TPSA) is 54.2 Å². The van der Waals surface area contributed by atoms with Gasteiger partial charge in [0.15, 0.2) is 5.82 Å². The van der Waals surface area contributed by atoms with Crippen molar-refractivity contribution in [2.24, 2.45) is 5.92 Å². The first-order valence-corrected chi connectivity index (χ1v) is 7.83. The average Bonchev–Trinajstić information content (AvgIpc) is 2.99. The van der Waals surface area contributed by atoms with Crippen LogP contribution in [0.3, 0.4) is 0 Å². The Kier molecular flexibility index (Phi) is 5.54. The van der Waals surface area contributed by atoms with Gasteiger partial charge in [-0.2, -0.15) is 4.98 Å². The molecule has 1 N–H and O–H groups in total. The SMILES string of the molecule is CC(C)Cc1nc(CN(CC2CCCN2)C(C)C)no1. The smallest absolute Gasteiger partial charge is 0.226 e. The maximum atomic E-state index is 5.32. The second-order valence-electron chi connectivity index (χ2n) is 6.52. The number of nitrogens with one attached hydrogen (secondary N) is 1. The zero-order chi connectivity index (χ0) is 14.5. The first kappa shape index (κ1) is 15.4. The Morgan fingerprint density at radius 2 is 2.15 bits per heavy atom. The molecule has 5 nitrogen and oxygen atoms in total. The molecule has 1 aromatic heterocycles. The minimum atomic E-state index is 0.490. The molecule has 0 radical (unpaired) electrons. The van der Waals surface area contributed by atoms with Crippen molar-refractivity contribution in [1.82, 2.24) is 20.4 Å². The summed E-state index contributed by atoms with van der Waals surface area (Å²) in [6.45, 7) is 11.8. The fraction of sp³-hybridized carbons (Fsp3) is 0.867. The number of nitrogens with zero attached hydrogens (tertiary/aromatic N) is 3. The van der Waals surface area contributed by atoms with Crippen LogP contribution in [0.4, 0.5) is 0 Å². The summed E-state index contributed by atoms with van der Waals surface area (Å²) in [5.41, 5.74) is 0. The monoisotopic (exact) mass is 280 g/mol. The maximum Gasteiger partial charge on any atom is 0.226 e. The largest absolute Gasteiger partial charge is 0.339 e. The van der Waals surface area contributed by atoms with Crippen molar-refractivity contribution in [2.75, 3.05) is 13.1 Å². The van der Waals surface area contributed by atoms with Crippen LogP contribution in [-0.4, -0.2) is 40.2 Å². The summed E-state index contributed by atoms with van der Waals surface area (Å²) in [4.78, 5) is 6.93. The summed E-state index contributed by atoms with van der Waals surface area (Å²) >= 11 is 0. The van der Waals surface area contributed by atoms with Crippen molar-refractivity contribution in [2.45, 2.75) is 65.6 Å². The standard InChI is InChI=1S/C15H28N4O/c1-11(2)8-15-17-14(18-20-15)10-19(12(3)4)9-13-6-5-7-16-13/h11-13,16H,5-10H2,1-4H3. The fourth-order valence-corrected chi connectivity index (χ4v) is 2.62. The van der Waals surface area contributed by atoms with Gasteiger partial charge in [0.25, 0.3) is 0 Å². The zero-order valence-corrected chi connectivity index (χ0v) is 13.2. The molecule has 114 valence electrons. The Morgan fingerprint density at radius 1 is 1.35 bits per heavy atom. The molecule has 0 saturated carbocycles. The van der Waals surface area contributed by atoms with Crippen LogP contribution in [0.5, 0.6) is 0 Å². The van der Waals surface area contributed by atoms with Crippen LogP contribution in [0.15, 0.2) is 4.52 Å². The third-order valence-corrected chi connectivity index (χ3v) is 3.79. The highest BCUT2D eigenvalue weighted by atomic mass is 16.5. The predicted molar refractivity (Wildman–Crippen MR) is 79.4 cm³/mol. The molecule has 0 bridgehead atoms. The molecule has 1 unspecified atom stereocenters. The summed E-state index contributed by atoms with van der Waals surface area (Å²) < 4.78 is 5.32. The normalized spacial score (nSPS) is 19.6. The highest BCUT2D eigenvalue weighted by Gasteiger charge is 2.21. The molecule has 20 heavy (non-hydrogen) atoms. The van der Waals surface area contributed by atoms with Gasteiger partial charge in [0.2, 0.25) is 5.89 Å². The summed E-state index contributed by atoms with van der Waals surface area (Å²) in [5.74, 6) is 2.12. The van der Waals surface area contributed by atoms with Crippen molar-refractivity contribution >= 4 is 0 Å². The molecule has 2 rings (SSSR count).